The monoisotopic (exact) mass is 194 g/mol. The molecule has 0 spiro atoms. The first-order chi connectivity index (χ1) is 0. The van der Waals surface area contributed by atoms with Crippen LogP contribution in [0.15, 0.2) is 0 Å². The summed E-state index contributed by atoms with van der Waals surface area (Å²) < 4.78 is 0. The van der Waals surface area contributed by atoms with Gasteiger partial charge in [0.2, 0.25) is 0 Å². The van der Waals surface area contributed by atoms with Crippen LogP contribution in [0.4, 0.5) is 0 Å². The molecule has 0 aliphatic heterocycles. The molecule has 42 valence electrons. The van der Waals surface area contributed by atoms with Crippen LogP contribution in [0.5, 0.6) is 0 Å². The van der Waals surface area contributed by atoms with Crippen LogP contribution in [-0.4, -0.2) is 0 Å². The van der Waals surface area contributed by atoms with Crippen molar-refractivity contribution in [3.8, 4) is 0 Å². The van der Waals surface area contributed by atoms with Gasteiger partial charge < -0.3 is 0 Å². The number of rotatable bonds is 0. The van der Waals surface area contributed by atoms with Gasteiger partial charge >= 0.3 is 0 Å². The molecule has 0 nitrogen and oxygen atoms in total. The Hall–Kier alpha value is 1.89. The normalized spacial score (nSPS) is 0. The molecule has 5 heteroatoms. The summed E-state index contributed by atoms with van der Waals surface area (Å²) in [6.45, 7) is 0. The molecule has 0 unspecified atom stereocenters. The molecule has 0 rings (SSSR count). The van der Waals surface area contributed by atoms with Crippen LogP contribution < -0.4 is 0 Å². The van der Waals surface area contributed by atoms with Crippen LogP contribution in [0.2, 0.25) is 0 Å². The Labute approximate surface area is 70.2 Å². The molecular weight excluding hydrogens is 187 g/mol. The van der Waals surface area contributed by atoms with Crippen LogP contribution in [0.3, 0.4) is 0 Å². The first-order valence-corrected chi connectivity index (χ1v) is 0. The second-order valence-corrected chi connectivity index (χ2v) is 0. The first kappa shape index (κ1) is 66.8. The van der Waals surface area contributed by atoms with E-state index < -0.39 is 0 Å². The maximum atomic E-state index is 0. The predicted molar refractivity (Wildman–Crippen MR) is 41.5 cm³/mol. The molecule has 0 saturated heterocycles. The van der Waals surface area contributed by atoms with E-state index in [0.717, 1.165) is 0 Å². The number of hydrogen-bond donors (Lipinski definition) is 0. The second kappa shape index (κ2) is 39.4. The van der Waals surface area contributed by atoms with Gasteiger partial charge in [0.25, 0.3) is 0 Å². The van der Waals surface area contributed by atoms with Gasteiger partial charge in [0.05, 0.1) is 0 Å². The molecule has 0 radical (unpaired) electrons. The van der Waals surface area contributed by atoms with Crippen molar-refractivity contribution in [2.24, 2.45) is 0 Å². The standard InChI is InChI=1S/Ni.4H2S/h;4*1H2. The zero-order valence-electron chi connectivity index (χ0n) is 2.32. The van der Waals surface area contributed by atoms with Crippen molar-refractivity contribution in [1.82, 2.24) is 0 Å². The smallest absolute Gasteiger partial charge is 0 e. The largest absolute Gasteiger partial charge is 0.197 e. The van der Waals surface area contributed by atoms with Crippen LogP contribution in [0.1, 0.15) is 0 Å². The van der Waals surface area contributed by atoms with Gasteiger partial charge in [-0.2, -0.15) is 54.0 Å². The zero-order chi connectivity index (χ0) is 0. The SMILES string of the molecule is S.S.S.S.[Ni]. The van der Waals surface area contributed by atoms with Crippen molar-refractivity contribution in [2.45, 2.75) is 0 Å². The summed E-state index contributed by atoms with van der Waals surface area (Å²) in [5.41, 5.74) is 0. The summed E-state index contributed by atoms with van der Waals surface area (Å²) in [6, 6.07) is 0. The Morgan fingerprint density at radius 2 is 0.400 bits per heavy atom. The molecule has 0 aliphatic carbocycles. The van der Waals surface area contributed by atoms with Crippen molar-refractivity contribution in [2.75, 3.05) is 0 Å². The molecule has 0 heterocycles. The molecule has 0 aromatic carbocycles. The third kappa shape index (κ3) is 24.9. The summed E-state index contributed by atoms with van der Waals surface area (Å²) >= 11 is 0. The summed E-state index contributed by atoms with van der Waals surface area (Å²) in [7, 11) is 0. The third-order valence-corrected chi connectivity index (χ3v) is 0. The fraction of sp³-hybridized carbons (Fsp3) is 0. The number of hydrogen-bond acceptors (Lipinski definition) is 0. The van der Waals surface area contributed by atoms with Gasteiger partial charge in [0, 0.05) is 16.5 Å². The fourth-order valence-electron chi connectivity index (χ4n) is 0. The average Bonchev–Trinajstić information content (AvgIpc) is 0. The van der Waals surface area contributed by atoms with Crippen molar-refractivity contribution in [1.29, 1.82) is 0 Å². The van der Waals surface area contributed by atoms with Crippen LogP contribution in [0, 0.1) is 0 Å². The van der Waals surface area contributed by atoms with E-state index in [-0.39, 0.29) is 70.5 Å². The fourth-order valence-corrected chi connectivity index (χ4v) is 0. The average molecular weight is 195 g/mol. The van der Waals surface area contributed by atoms with Crippen molar-refractivity contribution >= 4 is 54.0 Å². The third-order valence-electron chi connectivity index (χ3n) is 0. The molecule has 0 bridgehead atoms. The van der Waals surface area contributed by atoms with Gasteiger partial charge in [-0.1, -0.05) is 0 Å². The van der Waals surface area contributed by atoms with Crippen molar-refractivity contribution < 1.29 is 16.5 Å². The molecule has 5 heavy (non-hydrogen) atoms. The summed E-state index contributed by atoms with van der Waals surface area (Å²) in [4.78, 5) is 0. The van der Waals surface area contributed by atoms with E-state index >= 15 is 0 Å². The van der Waals surface area contributed by atoms with E-state index in [4.69, 9.17) is 0 Å². The van der Waals surface area contributed by atoms with Gasteiger partial charge in [0.1, 0.15) is 0 Å². The topological polar surface area (TPSA) is 0 Å². The molecule has 0 fully saturated rings. The van der Waals surface area contributed by atoms with Crippen molar-refractivity contribution in [3.63, 3.8) is 0 Å². The summed E-state index contributed by atoms with van der Waals surface area (Å²) in [5, 5.41) is 0. The maximum Gasteiger partial charge on any atom is 0 e. The van der Waals surface area contributed by atoms with Crippen LogP contribution in [-0.2, 0) is 16.5 Å². The zero-order valence-corrected chi connectivity index (χ0v) is 7.30. The molecular formula is H8NiS4. The van der Waals surface area contributed by atoms with Gasteiger partial charge in [-0.05, 0) is 0 Å². The molecule has 0 amide bonds. The minimum absolute atomic E-state index is 0. The summed E-state index contributed by atoms with van der Waals surface area (Å²) in [5.74, 6) is 0. The molecule has 0 saturated carbocycles. The van der Waals surface area contributed by atoms with E-state index in [9.17, 15) is 0 Å². The molecule has 0 aromatic rings. The van der Waals surface area contributed by atoms with E-state index in [1.165, 1.54) is 0 Å². The maximum absolute atomic E-state index is 0. The summed E-state index contributed by atoms with van der Waals surface area (Å²) in [6.07, 6.45) is 0. The Bertz CT molecular complexity index is 3.61. The van der Waals surface area contributed by atoms with Gasteiger partial charge in [-0.25, -0.2) is 0 Å². The van der Waals surface area contributed by atoms with Gasteiger partial charge in [-0.3, -0.25) is 0 Å². The van der Waals surface area contributed by atoms with E-state index in [0.29, 0.717) is 0 Å². The van der Waals surface area contributed by atoms with E-state index in [1.54, 1.807) is 0 Å². The molecule has 0 aromatic heterocycles. The molecule has 0 atom stereocenters. The second-order valence-electron chi connectivity index (χ2n) is 0. The Morgan fingerprint density at radius 1 is 0.400 bits per heavy atom. The minimum Gasteiger partial charge on any atom is -0.197 e. The first-order valence-electron chi connectivity index (χ1n) is 0. The van der Waals surface area contributed by atoms with E-state index in [2.05, 4.69) is 0 Å². The van der Waals surface area contributed by atoms with Crippen LogP contribution >= 0.6 is 54.0 Å². The van der Waals surface area contributed by atoms with E-state index in [1.807, 2.05) is 0 Å². The van der Waals surface area contributed by atoms with Crippen LogP contribution in [0.25, 0.3) is 0 Å². The Kier molecular flexibility index (Phi) is 526. The Morgan fingerprint density at radius 3 is 0.400 bits per heavy atom. The van der Waals surface area contributed by atoms with Crippen molar-refractivity contribution in [3.05, 3.63) is 0 Å². The van der Waals surface area contributed by atoms with Gasteiger partial charge in [-0.15, -0.1) is 0 Å². The molecule has 0 N–H and O–H groups in total. The minimum atomic E-state index is 0. The van der Waals surface area contributed by atoms with Gasteiger partial charge in [0.15, 0.2) is 0 Å². The Balaban J connectivity index is 0. The predicted octanol–water partition coefficient (Wildman–Crippen LogP) is 0.449. The molecule has 0 aliphatic rings. The quantitative estimate of drug-likeness (QED) is 0.492.